The van der Waals surface area contributed by atoms with Gasteiger partial charge in [-0.2, -0.15) is 0 Å². The van der Waals surface area contributed by atoms with Crippen LogP contribution in [0.2, 0.25) is 0 Å². The molecule has 0 amide bonds. The molecule has 2 aromatic heterocycles. The number of anilines is 1. The maximum absolute atomic E-state index is 12.3. The quantitative estimate of drug-likeness (QED) is 0.547. The first-order chi connectivity index (χ1) is 17.1. The standard InChI is InChI=1S/C28H29N5O2/c1-19-6-7-23(26-21(19)4-2-10-29-26)32-12-8-20(9-13-32)31-14-16-33(17-15-31)24-18-25(34)28(35)22-5-3-11-30-27(22)24/h2-7,10-11,18,20H,8-9,12-17H2,1H3. The summed E-state index contributed by atoms with van der Waals surface area (Å²) < 4.78 is 0. The first-order valence-corrected chi connectivity index (χ1v) is 12.4. The maximum atomic E-state index is 12.3. The van der Waals surface area contributed by atoms with E-state index in [4.69, 9.17) is 4.98 Å². The lowest BCUT2D eigenvalue weighted by Crippen LogP contribution is -2.53. The van der Waals surface area contributed by atoms with Crippen LogP contribution in [0.5, 0.6) is 0 Å². The number of piperidine rings is 1. The number of rotatable bonds is 3. The summed E-state index contributed by atoms with van der Waals surface area (Å²) in [5, 5.41) is 1.23. The van der Waals surface area contributed by atoms with Crippen LogP contribution in [0.25, 0.3) is 16.6 Å². The number of benzene rings is 1. The highest BCUT2D eigenvalue weighted by Crippen LogP contribution is 2.32. The molecule has 1 aromatic carbocycles. The zero-order chi connectivity index (χ0) is 23.9. The number of pyridine rings is 2. The molecule has 7 nitrogen and oxygen atoms in total. The van der Waals surface area contributed by atoms with Gasteiger partial charge < -0.3 is 9.80 Å². The summed E-state index contributed by atoms with van der Waals surface area (Å²) in [5.41, 5.74) is 5.45. The van der Waals surface area contributed by atoms with Crippen LogP contribution in [0.1, 0.15) is 34.5 Å². The molecule has 3 aromatic rings. The lowest BCUT2D eigenvalue weighted by Gasteiger charge is -2.44. The first kappa shape index (κ1) is 21.9. The summed E-state index contributed by atoms with van der Waals surface area (Å²) in [6, 6.07) is 12.6. The van der Waals surface area contributed by atoms with Crippen LogP contribution < -0.4 is 4.90 Å². The fourth-order valence-corrected chi connectivity index (χ4v) is 5.78. The molecule has 3 aliphatic rings. The number of hydrogen-bond donors (Lipinski definition) is 0. The van der Waals surface area contributed by atoms with Crippen molar-refractivity contribution in [2.45, 2.75) is 25.8 Å². The predicted molar refractivity (Wildman–Crippen MR) is 136 cm³/mol. The van der Waals surface area contributed by atoms with Gasteiger partial charge in [-0.15, -0.1) is 0 Å². The number of fused-ring (bicyclic) bond motifs is 2. The van der Waals surface area contributed by atoms with Crippen molar-refractivity contribution in [3.05, 3.63) is 71.7 Å². The Morgan fingerprint density at radius 2 is 1.57 bits per heavy atom. The largest absolute Gasteiger partial charge is 0.370 e. The number of ketones is 2. The first-order valence-electron chi connectivity index (χ1n) is 12.4. The third kappa shape index (κ3) is 3.90. The van der Waals surface area contributed by atoms with Gasteiger partial charge in [0.1, 0.15) is 0 Å². The zero-order valence-electron chi connectivity index (χ0n) is 20.0. The van der Waals surface area contributed by atoms with Gasteiger partial charge in [-0.3, -0.25) is 24.5 Å². The lowest BCUT2D eigenvalue weighted by atomic mass is 9.96. The Kier molecular flexibility index (Phi) is 5.57. The second kappa shape index (κ2) is 8.89. The van der Waals surface area contributed by atoms with E-state index in [2.05, 4.69) is 44.8 Å². The normalized spacial score (nSPS) is 19.7. The highest BCUT2D eigenvalue weighted by atomic mass is 16.2. The van der Waals surface area contributed by atoms with Crippen molar-refractivity contribution in [2.75, 3.05) is 44.2 Å². The molecule has 35 heavy (non-hydrogen) atoms. The number of allylic oxidation sites excluding steroid dienone is 1. The Morgan fingerprint density at radius 1 is 0.829 bits per heavy atom. The van der Waals surface area contributed by atoms with E-state index in [1.165, 1.54) is 22.7 Å². The molecule has 178 valence electrons. The molecule has 0 atom stereocenters. The average molecular weight is 468 g/mol. The number of Topliss-reactive ketones (excluding diaryl/α,β-unsaturated/α-hetero) is 1. The highest BCUT2D eigenvalue weighted by molar-refractivity contribution is 6.50. The molecule has 0 N–H and O–H groups in total. The van der Waals surface area contributed by atoms with Crippen LogP contribution in [0.4, 0.5) is 5.69 Å². The van der Waals surface area contributed by atoms with Crippen LogP contribution in [-0.2, 0) is 4.79 Å². The molecule has 6 rings (SSSR count). The zero-order valence-corrected chi connectivity index (χ0v) is 20.0. The summed E-state index contributed by atoms with van der Waals surface area (Å²) in [6.07, 6.45) is 7.31. The molecule has 0 saturated carbocycles. The molecule has 2 aliphatic heterocycles. The molecule has 0 spiro atoms. The van der Waals surface area contributed by atoms with Gasteiger partial charge in [-0.1, -0.05) is 12.1 Å². The van der Waals surface area contributed by atoms with Crippen molar-refractivity contribution < 1.29 is 9.59 Å². The second-order valence-corrected chi connectivity index (χ2v) is 9.66. The van der Waals surface area contributed by atoms with Crippen molar-refractivity contribution in [3.8, 4) is 0 Å². The number of nitrogens with zero attached hydrogens (tertiary/aromatic N) is 5. The van der Waals surface area contributed by atoms with E-state index in [1.54, 1.807) is 18.3 Å². The van der Waals surface area contributed by atoms with Gasteiger partial charge >= 0.3 is 0 Å². The van der Waals surface area contributed by atoms with Crippen LogP contribution in [0, 0.1) is 6.92 Å². The fourth-order valence-electron chi connectivity index (χ4n) is 5.78. The smallest absolute Gasteiger partial charge is 0.235 e. The summed E-state index contributed by atoms with van der Waals surface area (Å²) in [4.78, 5) is 40.9. The number of carbonyl (C=O) groups excluding carboxylic acids is 2. The molecule has 2 fully saturated rings. The maximum Gasteiger partial charge on any atom is 0.235 e. The van der Waals surface area contributed by atoms with Crippen molar-refractivity contribution >= 4 is 33.9 Å². The van der Waals surface area contributed by atoms with Gasteiger partial charge in [-0.05, 0) is 49.6 Å². The van der Waals surface area contributed by atoms with Crippen molar-refractivity contribution in [1.82, 2.24) is 19.8 Å². The fraction of sp³-hybridized carbons (Fsp3) is 0.357. The molecule has 0 unspecified atom stereocenters. The van der Waals surface area contributed by atoms with Crippen molar-refractivity contribution in [1.29, 1.82) is 0 Å². The van der Waals surface area contributed by atoms with Gasteiger partial charge in [-0.25, -0.2) is 0 Å². The average Bonchev–Trinajstić information content (AvgIpc) is 2.91. The molecule has 0 bridgehead atoms. The van der Waals surface area contributed by atoms with Crippen LogP contribution in [0.3, 0.4) is 0 Å². The number of hydrogen-bond acceptors (Lipinski definition) is 7. The highest BCUT2D eigenvalue weighted by Gasteiger charge is 2.33. The van der Waals surface area contributed by atoms with Crippen molar-refractivity contribution in [3.63, 3.8) is 0 Å². The molecule has 1 aliphatic carbocycles. The van der Waals surface area contributed by atoms with Gasteiger partial charge in [0.15, 0.2) is 0 Å². The third-order valence-corrected chi connectivity index (χ3v) is 7.73. The minimum Gasteiger partial charge on any atom is -0.370 e. The van der Waals surface area contributed by atoms with Gasteiger partial charge in [0, 0.05) is 69.2 Å². The second-order valence-electron chi connectivity index (χ2n) is 9.66. The number of carbonyl (C=O) groups is 2. The molecule has 7 heteroatoms. The van der Waals surface area contributed by atoms with Crippen LogP contribution >= 0.6 is 0 Å². The Morgan fingerprint density at radius 3 is 2.37 bits per heavy atom. The molecule has 4 heterocycles. The van der Waals surface area contributed by atoms with E-state index < -0.39 is 11.6 Å². The molecular weight excluding hydrogens is 438 g/mol. The summed E-state index contributed by atoms with van der Waals surface area (Å²) >= 11 is 0. The summed E-state index contributed by atoms with van der Waals surface area (Å²) in [5.74, 6) is -0.910. The summed E-state index contributed by atoms with van der Waals surface area (Å²) in [7, 11) is 0. The number of aryl methyl sites for hydroxylation is 1. The SMILES string of the molecule is Cc1ccc(N2CCC(N3CCN(C4=CC(=O)C(=O)c5cccnc54)CC3)CC2)c2ncccc12. The Hall–Kier alpha value is -3.58. The Labute approximate surface area is 205 Å². The monoisotopic (exact) mass is 467 g/mol. The van der Waals surface area contributed by atoms with Gasteiger partial charge in [0.05, 0.1) is 28.2 Å². The van der Waals surface area contributed by atoms with Crippen molar-refractivity contribution in [2.24, 2.45) is 0 Å². The van der Waals surface area contributed by atoms with E-state index in [-0.39, 0.29) is 0 Å². The van der Waals surface area contributed by atoms with E-state index in [9.17, 15) is 9.59 Å². The van der Waals surface area contributed by atoms with E-state index in [0.29, 0.717) is 17.3 Å². The predicted octanol–water partition coefficient (Wildman–Crippen LogP) is 3.33. The van der Waals surface area contributed by atoms with E-state index in [0.717, 1.165) is 63.3 Å². The molecule has 2 saturated heterocycles. The molecule has 0 radical (unpaired) electrons. The van der Waals surface area contributed by atoms with Gasteiger partial charge in [0.25, 0.3) is 0 Å². The molecular formula is C28H29N5O2. The van der Waals surface area contributed by atoms with Crippen LogP contribution in [0.15, 0.2) is 54.9 Å². The van der Waals surface area contributed by atoms with Gasteiger partial charge in [0.2, 0.25) is 11.6 Å². The van der Waals surface area contributed by atoms with E-state index in [1.807, 2.05) is 12.3 Å². The van der Waals surface area contributed by atoms with E-state index >= 15 is 0 Å². The van der Waals surface area contributed by atoms with Crippen LogP contribution in [-0.4, -0.2) is 76.6 Å². The lowest BCUT2D eigenvalue weighted by molar-refractivity contribution is -0.111. The Bertz CT molecular complexity index is 1330. The third-order valence-electron chi connectivity index (χ3n) is 7.73. The Balaban J connectivity index is 1.10. The topological polar surface area (TPSA) is 69.6 Å². The minimum atomic E-state index is -0.459. The summed E-state index contributed by atoms with van der Waals surface area (Å²) in [6.45, 7) is 7.75. The minimum absolute atomic E-state index is 0.419. The number of piperazine rings is 1. The number of aromatic nitrogens is 2.